The van der Waals surface area contributed by atoms with Gasteiger partial charge in [0.1, 0.15) is 5.82 Å². The third-order valence-corrected chi connectivity index (χ3v) is 3.49. The molecule has 0 fully saturated rings. The van der Waals surface area contributed by atoms with Gasteiger partial charge in [-0.2, -0.15) is 0 Å². The highest BCUT2D eigenvalue weighted by atomic mass is 15.2. The van der Waals surface area contributed by atoms with Gasteiger partial charge in [0, 0.05) is 30.7 Å². The first kappa shape index (κ1) is 13.5. The minimum atomic E-state index is 0.472. The van der Waals surface area contributed by atoms with E-state index in [2.05, 4.69) is 22.0 Å². The number of hydrogen-bond acceptors (Lipinski definition) is 4. The summed E-state index contributed by atoms with van der Waals surface area (Å²) < 4.78 is 0. The molecule has 0 aliphatic rings. The summed E-state index contributed by atoms with van der Waals surface area (Å²) in [6.45, 7) is 1.18. The number of fused-ring (bicyclic) bond motifs is 1. The van der Waals surface area contributed by atoms with Gasteiger partial charge < -0.3 is 10.6 Å². The maximum absolute atomic E-state index is 5.89. The molecule has 3 aromatic rings. The van der Waals surface area contributed by atoms with Gasteiger partial charge in [0.25, 0.3) is 0 Å². The number of aromatic nitrogens is 2. The van der Waals surface area contributed by atoms with Crippen LogP contribution < -0.4 is 10.6 Å². The zero-order valence-electron chi connectivity index (χ0n) is 12.0. The van der Waals surface area contributed by atoms with Crippen molar-refractivity contribution in [1.29, 1.82) is 0 Å². The van der Waals surface area contributed by atoms with Crippen LogP contribution >= 0.6 is 0 Å². The van der Waals surface area contributed by atoms with Gasteiger partial charge >= 0.3 is 0 Å². The molecule has 0 saturated heterocycles. The first-order chi connectivity index (χ1) is 10.3. The zero-order chi connectivity index (χ0) is 14.7. The Morgan fingerprint density at radius 3 is 2.67 bits per heavy atom. The number of benzene rings is 1. The summed E-state index contributed by atoms with van der Waals surface area (Å²) in [6, 6.07) is 16.1. The van der Waals surface area contributed by atoms with Crippen LogP contribution in [0.1, 0.15) is 11.3 Å². The Kier molecular flexibility index (Phi) is 3.79. The highest BCUT2D eigenvalue weighted by Gasteiger charge is 2.11. The van der Waals surface area contributed by atoms with Crippen molar-refractivity contribution < 1.29 is 0 Å². The van der Waals surface area contributed by atoms with E-state index in [1.807, 2.05) is 43.4 Å². The minimum absolute atomic E-state index is 0.472. The second-order valence-electron chi connectivity index (χ2n) is 5.05. The van der Waals surface area contributed by atoms with Gasteiger partial charge in [0.2, 0.25) is 0 Å². The maximum atomic E-state index is 5.89. The third kappa shape index (κ3) is 2.85. The van der Waals surface area contributed by atoms with Crippen LogP contribution in [0.4, 0.5) is 5.82 Å². The lowest BCUT2D eigenvalue weighted by Gasteiger charge is -2.21. The lowest BCUT2D eigenvalue weighted by Crippen LogP contribution is -2.21. The van der Waals surface area contributed by atoms with Crippen LogP contribution in [-0.2, 0) is 13.1 Å². The van der Waals surface area contributed by atoms with E-state index in [0.717, 1.165) is 28.0 Å². The Balaban J connectivity index is 1.98. The van der Waals surface area contributed by atoms with Crippen molar-refractivity contribution in [3.63, 3.8) is 0 Å². The fourth-order valence-electron chi connectivity index (χ4n) is 2.44. The molecule has 0 amide bonds. The second-order valence-corrected chi connectivity index (χ2v) is 5.05. The van der Waals surface area contributed by atoms with Crippen LogP contribution in [0.25, 0.3) is 10.9 Å². The number of nitrogens with zero attached hydrogens (tertiary/aromatic N) is 3. The Morgan fingerprint density at radius 1 is 1.10 bits per heavy atom. The van der Waals surface area contributed by atoms with Crippen molar-refractivity contribution >= 4 is 16.7 Å². The summed E-state index contributed by atoms with van der Waals surface area (Å²) in [6.07, 6.45) is 1.81. The first-order valence-electron chi connectivity index (χ1n) is 6.97. The molecule has 0 spiro atoms. The van der Waals surface area contributed by atoms with Crippen molar-refractivity contribution in [3.8, 4) is 0 Å². The van der Waals surface area contributed by atoms with Gasteiger partial charge in [-0.1, -0.05) is 24.3 Å². The summed E-state index contributed by atoms with van der Waals surface area (Å²) in [5.41, 5.74) is 8.93. The lowest BCUT2D eigenvalue weighted by molar-refractivity contribution is 0.855. The van der Waals surface area contributed by atoms with E-state index in [0.29, 0.717) is 13.1 Å². The number of pyridine rings is 2. The van der Waals surface area contributed by atoms with Crippen LogP contribution in [0, 0.1) is 0 Å². The van der Waals surface area contributed by atoms with Crippen molar-refractivity contribution in [1.82, 2.24) is 9.97 Å². The number of hydrogen-bond donors (Lipinski definition) is 1. The van der Waals surface area contributed by atoms with Gasteiger partial charge in [0.05, 0.1) is 17.8 Å². The average molecular weight is 278 g/mol. The molecule has 0 atom stereocenters. The van der Waals surface area contributed by atoms with Gasteiger partial charge in [-0.3, -0.25) is 4.98 Å². The Hall–Kier alpha value is -2.46. The van der Waals surface area contributed by atoms with Crippen LogP contribution in [0.15, 0.2) is 54.7 Å². The number of rotatable bonds is 4. The summed E-state index contributed by atoms with van der Waals surface area (Å²) in [5.74, 6) is 0.918. The standard InChI is InChI=1S/C17H18N4/c1-21(12-15-7-4-5-9-19-15)17-14(11-18)10-13-6-2-3-8-16(13)20-17/h2-10H,11-12,18H2,1H3. The van der Waals surface area contributed by atoms with Gasteiger partial charge in [-0.15, -0.1) is 0 Å². The minimum Gasteiger partial charge on any atom is -0.353 e. The Morgan fingerprint density at radius 2 is 1.90 bits per heavy atom. The van der Waals surface area contributed by atoms with E-state index in [1.54, 1.807) is 6.20 Å². The van der Waals surface area contributed by atoms with Crippen LogP contribution in [0.5, 0.6) is 0 Å². The monoisotopic (exact) mass is 278 g/mol. The highest BCUT2D eigenvalue weighted by Crippen LogP contribution is 2.23. The zero-order valence-corrected chi connectivity index (χ0v) is 12.0. The Labute approximate surface area is 124 Å². The topological polar surface area (TPSA) is 55.0 Å². The van der Waals surface area contributed by atoms with E-state index in [1.165, 1.54) is 0 Å². The molecule has 106 valence electrons. The van der Waals surface area contributed by atoms with E-state index >= 15 is 0 Å². The average Bonchev–Trinajstić information content (AvgIpc) is 2.54. The predicted octanol–water partition coefficient (Wildman–Crippen LogP) is 2.72. The fraction of sp³-hybridized carbons (Fsp3) is 0.176. The van der Waals surface area contributed by atoms with Crippen molar-refractivity contribution in [2.75, 3.05) is 11.9 Å². The molecule has 21 heavy (non-hydrogen) atoms. The molecule has 0 radical (unpaired) electrons. The SMILES string of the molecule is CN(Cc1ccccn1)c1nc2ccccc2cc1CN. The molecule has 2 aromatic heterocycles. The number of nitrogens with two attached hydrogens (primary N) is 1. The molecule has 0 aliphatic carbocycles. The van der Waals surface area contributed by atoms with E-state index < -0.39 is 0 Å². The van der Waals surface area contributed by atoms with Crippen LogP contribution in [0.3, 0.4) is 0 Å². The maximum Gasteiger partial charge on any atom is 0.133 e. The molecule has 2 heterocycles. The highest BCUT2D eigenvalue weighted by molar-refractivity contribution is 5.81. The molecule has 0 unspecified atom stereocenters. The quantitative estimate of drug-likeness (QED) is 0.797. The molecule has 0 bridgehead atoms. The first-order valence-corrected chi connectivity index (χ1v) is 6.97. The van der Waals surface area contributed by atoms with Crippen molar-refractivity contribution in [2.45, 2.75) is 13.1 Å². The predicted molar refractivity (Wildman–Crippen MR) is 86.0 cm³/mol. The van der Waals surface area contributed by atoms with E-state index in [4.69, 9.17) is 10.7 Å². The summed E-state index contributed by atoms with van der Waals surface area (Å²) in [7, 11) is 2.02. The molecule has 1 aromatic carbocycles. The number of para-hydroxylation sites is 1. The number of anilines is 1. The second kappa shape index (κ2) is 5.89. The van der Waals surface area contributed by atoms with Gasteiger partial charge in [-0.25, -0.2) is 4.98 Å². The molecule has 3 rings (SSSR count). The Bertz CT molecular complexity index is 740. The van der Waals surface area contributed by atoms with E-state index in [-0.39, 0.29) is 0 Å². The molecule has 4 heteroatoms. The van der Waals surface area contributed by atoms with Crippen molar-refractivity contribution in [3.05, 3.63) is 66.0 Å². The van der Waals surface area contributed by atoms with Gasteiger partial charge in [-0.05, 0) is 24.3 Å². The molecule has 4 nitrogen and oxygen atoms in total. The van der Waals surface area contributed by atoms with Crippen molar-refractivity contribution in [2.24, 2.45) is 5.73 Å². The van der Waals surface area contributed by atoms with Gasteiger partial charge in [0.15, 0.2) is 0 Å². The fourth-order valence-corrected chi connectivity index (χ4v) is 2.44. The largest absolute Gasteiger partial charge is 0.353 e. The normalized spacial score (nSPS) is 10.8. The molecule has 2 N–H and O–H groups in total. The van der Waals surface area contributed by atoms with Crippen LogP contribution in [-0.4, -0.2) is 17.0 Å². The smallest absolute Gasteiger partial charge is 0.133 e. The molecule has 0 saturated carbocycles. The molecule has 0 aliphatic heterocycles. The van der Waals surface area contributed by atoms with E-state index in [9.17, 15) is 0 Å². The van der Waals surface area contributed by atoms with Crippen LogP contribution in [0.2, 0.25) is 0 Å². The summed E-state index contributed by atoms with van der Waals surface area (Å²) in [5, 5.41) is 1.12. The summed E-state index contributed by atoms with van der Waals surface area (Å²) in [4.78, 5) is 11.2. The lowest BCUT2D eigenvalue weighted by atomic mass is 10.1. The molecular weight excluding hydrogens is 260 g/mol. The third-order valence-electron chi connectivity index (χ3n) is 3.49. The molecular formula is C17H18N4. The summed E-state index contributed by atoms with van der Waals surface area (Å²) >= 11 is 0.